The summed E-state index contributed by atoms with van der Waals surface area (Å²) in [6, 6.07) is 14.7. The lowest BCUT2D eigenvalue weighted by Crippen LogP contribution is -2.31. The zero-order chi connectivity index (χ0) is 17.2. The Kier molecular flexibility index (Phi) is 4.54. The fourth-order valence-electron chi connectivity index (χ4n) is 4.28. The highest BCUT2D eigenvalue weighted by Gasteiger charge is 2.40. The molecule has 0 amide bonds. The van der Waals surface area contributed by atoms with Gasteiger partial charge in [0.2, 0.25) is 0 Å². The summed E-state index contributed by atoms with van der Waals surface area (Å²) in [5.41, 5.74) is 2.19. The van der Waals surface area contributed by atoms with Crippen molar-refractivity contribution >= 4 is 16.6 Å². The van der Waals surface area contributed by atoms with E-state index >= 15 is 0 Å². The Morgan fingerprint density at radius 1 is 1.16 bits per heavy atom. The number of likely N-dealkylation sites (tertiary alicyclic amines) is 1. The molecular weight excluding hydrogens is 306 g/mol. The lowest BCUT2D eigenvalue weighted by Gasteiger charge is -2.25. The van der Waals surface area contributed by atoms with Crippen LogP contribution in [0.2, 0.25) is 0 Å². The van der Waals surface area contributed by atoms with Crippen LogP contribution in [-0.2, 0) is 0 Å². The molecule has 2 atom stereocenters. The van der Waals surface area contributed by atoms with E-state index in [0.717, 1.165) is 35.8 Å². The van der Waals surface area contributed by atoms with Crippen LogP contribution < -0.4 is 0 Å². The number of ketones is 1. The first-order chi connectivity index (χ1) is 12.3. The first-order valence-electron chi connectivity index (χ1n) is 9.42. The van der Waals surface area contributed by atoms with Crippen molar-refractivity contribution in [3.8, 4) is 0 Å². The van der Waals surface area contributed by atoms with Crippen molar-refractivity contribution in [3.05, 3.63) is 71.8 Å². The van der Waals surface area contributed by atoms with Crippen molar-refractivity contribution in [2.24, 2.45) is 5.92 Å². The van der Waals surface area contributed by atoms with Crippen LogP contribution in [0.1, 0.15) is 36.5 Å². The molecule has 1 saturated heterocycles. The molecule has 0 N–H and O–H groups in total. The summed E-state index contributed by atoms with van der Waals surface area (Å²) < 4.78 is 0. The zero-order valence-electron chi connectivity index (χ0n) is 14.8. The van der Waals surface area contributed by atoms with Gasteiger partial charge in [0.25, 0.3) is 0 Å². The number of Topliss-reactive ketones (excluding diaryl/α,β-unsaturated/α-hetero) is 1. The van der Waals surface area contributed by atoms with Gasteiger partial charge in [-0.1, -0.05) is 74.0 Å². The molecule has 2 nitrogen and oxygen atoms in total. The molecule has 0 aromatic heterocycles. The third kappa shape index (κ3) is 2.96. The van der Waals surface area contributed by atoms with E-state index in [2.05, 4.69) is 48.3 Å². The predicted molar refractivity (Wildman–Crippen MR) is 104 cm³/mol. The van der Waals surface area contributed by atoms with Crippen molar-refractivity contribution in [1.82, 2.24) is 4.90 Å². The standard InChI is InChI=1S/C23H25NO/c1-2-3-15-24-16-21(19-12-6-7-14-22(19)24)23(25)20-13-8-10-17-9-4-5-11-18(17)20/h4-13,21-22H,2-3,14-16H2,1H3. The molecule has 1 aliphatic heterocycles. The maximum Gasteiger partial charge on any atom is 0.171 e. The molecule has 2 unspecified atom stereocenters. The minimum atomic E-state index is -0.00221. The van der Waals surface area contributed by atoms with Crippen molar-refractivity contribution in [2.45, 2.75) is 32.2 Å². The van der Waals surface area contributed by atoms with E-state index < -0.39 is 0 Å². The number of allylic oxidation sites excluding steroid dienone is 2. The lowest BCUT2D eigenvalue weighted by atomic mass is 9.86. The van der Waals surface area contributed by atoms with Crippen LogP contribution in [0.3, 0.4) is 0 Å². The normalized spacial score (nSPS) is 22.8. The van der Waals surface area contributed by atoms with Crippen LogP contribution in [0, 0.1) is 5.92 Å². The molecule has 2 aromatic rings. The Morgan fingerprint density at radius 2 is 2.00 bits per heavy atom. The van der Waals surface area contributed by atoms with Crippen LogP contribution in [-0.4, -0.2) is 29.8 Å². The van der Waals surface area contributed by atoms with Crippen molar-refractivity contribution in [2.75, 3.05) is 13.1 Å². The summed E-state index contributed by atoms with van der Waals surface area (Å²) in [7, 11) is 0. The van der Waals surface area contributed by atoms with Gasteiger partial charge in [0.15, 0.2) is 5.78 Å². The molecule has 2 aliphatic rings. The third-order valence-corrected chi connectivity index (χ3v) is 5.60. The van der Waals surface area contributed by atoms with E-state index in [0.29, 0.717) is 6.04 Å². The van der Waals surface area contributed by atoms with Gasteiger partial charge in [-0.05, 0) is 35.7 Å². The van der Waals surface area contributed by atoms with Gasteiger partial charge in [-0.2, -0.15) is 0 Å². The summed E-state index contributed by atoms with van der Waals surface area (Å²) in [5.74, 6) is 0.278. The highest BCUT2D eigenvalue weighted by molar-refractivity contribution is 6.10. The van der Waals surface area contributed by atoms with E-state index in [1.165, 1.54) is 18.4 Å². The number of nitrogens with zero attached hydrogens (tertiary/aromatic N) is 1. The minimum absolute atomic E-state index is 0.00221. The van der Waals surface area contributed by atoms with Crippen molar-refractivity contribution in [1.29, 1.82) is 0 Å². The van der Waals surface area contributed by atoms with Crippen molar-refractivity contribution < 1.29 is 4.79 Å². The number of carbonyl (C=O) groups excluding carboxylic acids is 1. The second-order valence-corrected chi connectivity index (χ2v) is 7.14. The molecule has 4 rings (SSSR count). The van der Waals surface area contributed by atoms with Crippen LogP contribution in [0.25, 0.3) is 10.8 Å². The van der Waals surface area contributed by atoms with Crippen LogP contribution >= 0.6 is 0 Å². The van der Waals surface area contributed by atoms with E-state index in [1.807, 2.05) is 24.3 Å². The monoisotopic (exact) mass is 331 g/mol. The molecule has 1 heterocycles. The topological polar surface area (TPSA) is 20.3 Å². The van der Waals surface area contributed by atoms with E-state index in [4.69, 9.17) is 0 Å². The van der Waals surface area contributed by atoms with Gasteiger partial charge < -0.3 is 0 Å². The summed E-state index contributed by atoms with van der Waals surface area (Å²) in [6.07, 6.45) is 9.97. The fourth-order valence-corrected chi connectivity index (χ4v) is 4.28. The highest BCUT2D eigenvalue weighted by Crippen LogP contribution is 2.37. The predicted octanol–water partition coefficient (Wildman–Crippen LogP) is 5.01. The van der Waals surface area contributed by atoms with Gasteiger partial charge >= 0.3 is 0 Å². The average Bonchev–Trinajstić information content (AvgIpc) is 3.04. The van der Waals surface area contributed by atoms with Gasteiger partial charge in [0, 0.05) is 18.2 Å². The third-order valence-electron chi connectivity index (χ3n) is 5.60. The van der Waals surface area contributed by atoms with Crippen LogP contribution in [0.15, 0.2) is 66.3 Å². The number of hydrogen-bond donors (Lipinski definition) is 0. The van der Waals surface area contributed by atoms with Crippen LogP contribution in [0.4, 0.5) is 0 Å². The summed E-state index contributed by atoms with van der Waals surface area (Å²) in [5, 5.41) is 2.22. The number of carbonyl (C=O) groups is 1. The Bertz CT molecular complexity index is 843. The van der Waals surface area contributed by atoms with Gasteiger partial charge in [-0.3, -0.25) is 9.69 Å². The van der Waals surface area contributed by atoms with Gasteiger partial charge in [0.05, 0.1) is 5.92 Å². The minimum Gasteiger partial charge on any atom is -0.295 e. The Morgan fingerprint density at radius 3 is 2.88 bits per heavy atom. The molecule has 1 aliphatic carbocycles. The first-order valence-corrected chi connectivity index (χ1v) is 9.42. The second-order valence-electron chi connectivity index (χ2n) is 7.14. The van der Waals surface area contributed by atoms with Gasteiger partial charge in [-0.25, -0.2) is 0 Å². The maximum absolute atomic E-state index is 13.4. The molecule has 0 bridgehead atoms. The lowest BCUT2D eigenvalue weighted by molar-refractivity contribution is 0.0938. The van der Waals surface area contributed by atoms with E-state index in [9.17, 15) is 4.79 Å². The molecule has 128 valence electrons. The Hall–Kier alpha value is -2.19. The Balaban J connectivity index is 1.69. The maximum atomic E-state index is 13.4. The Labute approximate surface area is 149 Å². The largest absolute Gasteiger partial charge is 0.295 e. The quantitative estimate of drug-likeness (QED) is 0.718. The van der Waals surface area contributed by atoms with Crippen molar-refractivity contribution in [3.63, 3.8) is 0 Å². The zero-order valence-corrected chi connectivity index (χ0v) is 14.8. The first kappa shape index (κ1) is 16.3. The smallest absolute Gasteiger partial charge is 0.171 e. The molecule has 0 radical (unpaired) electrons. The number of rotatable bonds is 5. The molecule has 0 saturated carbocycles. The van der Waals surface area contributed by atoms with E-state index in [-0.39, 0.29) is 11.7 Å². The van der Waals surface area contributed by atoms with Gasteiger partial charge in [-0.15, -0.1) is 0 Å². The second kappa shape index (κ2) is 6.97. The molecule has 2 heteroatoms. The summed E-state index contributed by atoms with van der Waals surface area (Å²) in [6.45, 7) is 4.18. The number of benzene rings is 2. The molecule has 2 aromatic carbocycles. The highest BCUT2D eigenvalue weighted by atomic mass is 16.1. The summed E-state index contributed by atoms with van der Waals surface area (Å²) in [4.78, 5) is 16.0. The molecule has 1 fully saturated rings. The average molecular weight is 331 g/mol. The number of unbranched alkanes of at least 4 members (excludes halogenated alkanes) is 1. The van der Waals surface area contributed by atoms with Gasteiger partial charge in [0.1, 0.15) is 0 Å². The fraction of sp³-hybridized carbons (Fsp3) is 0.348. The van der Waals surface area contributed by atoms with E-state index in [1.54, 1.807) is 0 Å². The molecule has 25 heavy (non-hydrogen) atoms. The molecular formula is C23H25NO. The van der Waals surface area contributed by atoms with Crippen LogP contribution in [0.5, 0.6) is 0 Å². The SMILES string of the molecule is CCCCN1CC(C(=O)c2cccc3ccccc23)C2=CC=CCC21. The molecule has 0 spiro atoms. The summed E-state index contributed by atoms with van der Waals surface area (Å²) >= 11 is 0. The number of hydrogen-bond acceptors (Lipinski definition) is 2. The number of fused-ring (bicyclic) bond motifs is 2.